The van der Waals surface area contributed by atoms with Gasteiger partial charge in [-0.2, -0.15) is 0 Å². The van der Waals surface area contributed by atoms with Crippen molar-refractivity contribution in [2.45, 2.75) is 18.6 Å². The number of aryl methyl sites for hydroxylation is 1. The van der Waals surface area contributed by atoms with Crippen LogP contribution in [-0.2, 0) is 13.8 Å². The lowest BCUT2D eigenvalue weighted by atomic mass is 10.2. The van der Waals surface area contributed by atoms with Crippen molar-refractivity contribution >= 4 is 47.3 Å². The maximum atomic E-state index is 11.8. The third-order valence-electron chi connectivity index (χ3n) is 2.83. The number of hydrogen-bond donors (Lipinski definition) is 0. The number of amides is 1. The van der Waals surface area contributed by atoms with E-state index in [0.29, 0.717) is 10.3 Å². The molecule has 0 radical (unpaired) electrons. The average Bonchev–Trinajstić information content (AvgIpc) is 2.60. The molecule has 1 aliphatic heterocycles. The molecule has 1 fully saturated rings. The number of anilines is 1. The molecule has 1 atom stereocenters. The first-order chi connectivity index (χ1) is 8.29. The largest absolute Gasteiger partial charge is 0.309 e. The molecule has 1 aromatic rings. The number of nitrogens with zero attached hydrogens (tertiary/aromatic N) is 2. The second-order valence-corrected chi connectivity index (χ2v) is 7.82. The van der Waals surface area contributed by atoms with E-state index in [2.05, 4.69) is 20.9 Å². The van der Waals surface area contributed by atoms with Crippen LogP contribution in [0.2, 0.25) is 0 Å². The van der Waals surface area contributed by atoms with Gasteiger partial charge < -0.3 is 4.90 Å². The van der Waals surface area contributed by atoms with Gasteiger partial charge in [-0.15, -0.1) is 0 Å². The lowest BCUT2D eigenvalue weighted by Gasteiger charge is -2.18. The number of halogens is 2. The highest BCUT2D eigenvalue weighted by atomic mass is 79.9. The molecule has 8 heteroatoms. The molecule has 2 rings (SSSR count). The van der Waals surface area contributed by atoms with Crippen LogP contribution in [0.5, 0.6) is 0 Å². The van der Waals surface area contributed by atoms with Crippen molar-refractivity contribution in [2.24, 2.45) is 0 Å². The highest BCUT2D eigenvalue weighted by molar-refractivity contribution is 9.10. The van der Waals surface area contributed by atoms with Gasteiger partial charge in [0.1, 0.15) is 9.85 Å². The smallest absolute Gasteiger partial charge is 0.237 e. The Hall–Kier alpha value is -0.660. The molecule has 0 aliphatic carbocycles. The second kappa shape index (κ2) is 4.79. The van der Waals surface area contributed by atoms with Crippen LogP contribution >= 0.6 is 26.6 Å². The van der Waals surface area contributed by atoms with E-state index in [9.17, 15) is 13.2 Å². The molecule has 1 amide bonds. The summed E-state index contributed by atoms with van der Waals surface area (Å²) in [6, 6.07) is 1.77. The van der Waals surface area contributed by atoms with Gasteiger partial charge in [-0.25, -0.2) is 13.4 Å². The van der Waals surface area contributed by atoms with Gasteiger partial charge in [0.05, 0.1) is 11.9 Å². The van der Waals surface area contributed by atoms with Crippen molar-refractivity contribution in [2.75, 3.05) is 11.4 Å². The lowest BCUT2D eigenvalue weighted by Crippen LogP contribution is -2.27. The normalized spacial score (nSPS) is 20.5. The summed E-state index contributed by atoms with van der Waals surface area (Å²) in [6.07, 6.45) is 1.46. The molecule has 1 aromatic heterocycles. The Morgan fingerprint density at radius 2 is 2.22 bits per heavy atom. The number of carbonyl (C=O) groups excluding carboxylic acids is 1. The summed E-state index contributed by atoms with van der Waals surface area (Å²) >= 11 is 3.23. The Morgan fingerprint density at radius 1 is 1.56 bits per heavy atom. The third-order valence-corrected chi connectivity index (χ3v) is 5.13. The summed E-state index contributed by atoms with van der Waals surface area (Å²) in [5, 5.41) is -0.852. The van der Waals surface area contributed by atoms with Gasteiger partial charge in [0.15, 0.2) is 0 Å². The van der Waals surface area contributed by atoms with Gasteiger partial charge in [0.25, 0.3) is 0 Å². The lowest BCUT2D eigenvalue weighted by molar-refractivity contribution is -0.117. The van der Waals surface area contributed by atoms with E-state index < -0.39 is 14.3 Å². The first kappa shape index (κ1) is 13.8. The fourth-order valence-corrected chi connectivity index (χ4v) is 3.37. The van der Waals surface area contributed by atoms with Crippen LogP contribution in [0.1, 0.15) is 12.0 Å². The van der Waals surface area contributed by atoms with Crippen molar-refractivity contribution in [3.8, 4) is 0 Å². The van der Waals surface area contributed by atoms with Crippen LogP contribution in [0, 0.1) is 6.92 Å². The first-order valence-corrected chi connectivity index (χ1v) is 8.31. The topological polar surface area (TPSA) is 67.3 Å². The quantitative estimate of drug-likeness (QED) is 0.601. The summed E-state index contributed by atoms with van der Waals surface area (Å²) in [5.41, 5.74) is 1.46. The predicted molar refractivity (Wildman–Crippen MR) is 72.2 cm³/mol. The molecular weight excluding hydrogens is 344 g/mol. The first-order valence-electron chi connectivity index (χ1n) is 5.15. The molecule has 0 N–H and O–H groups in total. The highest BCUT2D eigenvalue weighted by Crippen LogP contribution is 2.29. The SMILES string of the molecule is Cc1cc(Br)ncc1N1CC(S(=O)(=O)Cl)CC1=O. The molecule has 0 spiro atoms. The number of pyridine rings is 1. The van der Waals surface area contributed by atoms with Crippen LogP contribution in [0.3, 0.4) is 0 Å². The summed E-state index contributed by atoms with van der Waals surface area (Å²) < 4.78 is 23.2. The van der Waals surface area contributed by atoms with Crippen LogP contribution in [-0.4, -0.2) is 31.1 Å². The van der Waals surface area contributed by atoms with E-state index in [1.165, 1.54) is 4.90 Å². The molecule has 98 valence electrons. The zero-order valence-electron chi connectivity index (χ0n) is 9.43. The molecule has 1 aliphatic rings. The van der Waals surface area contributed by atoms with E-state index in [-0.39, 0.29) is 18.9 Å². The second-order valence-electron chi connectivity index (χ2n) is 4.10. The van der Waals surface area contributed by atoms with Gasteiger partial charge in [-0.05, 0) is 34.5 Å². The van der Waals surface area contributed by atoms with Crippen molar-refractivity contribution in [3.63, 3.8) is 0 Å². The molecule has 5 nitrogen and oxygen atoms in total. The number of aromatic nitrogens is 1. The third kappa shape index (κ3) is 2.67. The Balaban J connectivity index is 2.33. The van der Waals surface area contributed by atoms with Crippen LogP contribution in [0.4, 0.5) is 5.69 Å². The van der Waals surface area contributed by atoms with Gasteiger partial charge in [-0.1, -0.05) is 0 Å². The van der Waals surface area contributed by atoms with Crippen molar-refractivity contribution < 1.29 is 13.2 Å². The Kier molecular flexibility index (Phi) is 3.66. The van der Waals surface area contributed by atoms with E-state index in [1.807, 2.05) is 6.92 Å². The number of hydrogen-bond acceptors (Lipinski definition) is 4. The summed E-state index contributed by atoms with van der Waals surface area (Å²) in [6.45, 7) is 1.91. The molecule has 2 heterocycles. The fourth-order valence-electron chi connectivity index (χ4n) is 1.89. The van der Waals surface area contributed by atoms with Crippen LogP contribution in [0.15, 0.2) is 16.9 Å². The minimum absolute atomic E-state index is 0.0782. The predicted octanol–water partition coefficient (Wildman–Crippen LogP) is 1.83. The molecule has 0 bridgehead atoms. The van der Waals surface area contributed by atoms with E-state index in [1.54, 1.807) is 12.3 Å². The van der Waals surface area contributed by atoms with Gasteiger partial charge in [-0.3, -0.25) is 4.79 Å². The standard InChI is InChI=1S/C10H10BrClN2O3S/c1-6-2-9(11)13-4-8(6)14-5-7(3-10(14)15)18(12,16)17/h2,4,7H,3,5H2,1H3. The van der Waals surface area contributed by atoms with E-state index in [4.69, 9.17) is 10.7 Å². The summed E-state index contributed by atoms with van der Waals surface area (Å²) in [4.78, 5) is 17.3. The Morgan fingerprint density at radius 3 is 2.72 bits per heavy atom. The van der Waals surface area contributed by atoms with Crippen LogP contribution in [0.25, 0.3) is 0 Å². The fraction of sp³-hybridized carbons (Fsp3) is 0.400. The molecule has 18 heavy (non-hydrogen) atoms. The molecular formula is C10H10BrClN2O3S. The molecule has 1 unspecified atom stereocenters. The zero-order valence-corrected chi connectivity index (χ0v) is 12.6. The Bertz CT molecular complexity index is 605. The summed E-state index contributed by atoms with van der Waals surface area (Å²) in [5.74, 6) is -0.253. The molecule has 0 aromatic carbocycles. The number of carbonyl (C=O) groups is 1. The van der Waals surface area contributed by atoms with Gasteiger partial charge >= 0.3 is 0 Å². The monoisotopic (exact) mass is 352 g/mol. The van der Waals surface area contributed by atoms with Crippen molar-refractivity contribution in [3.05, 3.63) is 22.4 Å². The van der Waals surface area contributed by atoms with E-state index >= 15 is 0 Å². The highest BCUT2D eigenvalue weighted by Gasteiger charge is 2.38. The minimum atomic E-state index is -3.72. The maximum absolute atomic E-state index is 11.8. The number of rotatable bonds is 2. The van der Waals surface area contributed by atoms with Crippen molar-refractivity contribution in [1.29, 1.82) is 0 Å². The maximum Gasteiger partial charge on any atom is 0.237 e. The minimum Gasteiger partial charge on any atom is -0.309 e. The molecule has 0 saturated carbocycles. The summed E-state index contributed by atoms with van der Waals surface area (Å²) in [7, 11) is 1.58. The van der Waals surface area contributed by atoms with Crippen LogP contribution < -0.4 is 4.90 Å². The Labute approximate surface area is 118 Å². The van der Waals surface area contributed by atoms with Crippen molar-refractivity contribution in [1.82, 2.24) is 4.98 Å². The van der Waals surface area contributed by atoms with Gasteiger partial charge in [0.2, 0.25) is 15.0 Å². The van der Waals surface area contributed by atoms with Gasteiger partial charge in [0, 0.05) is 23.6 Å². The molecule has 1 saturated heterocycles. The van der Waals surface area contributed by atoms with E-state index in [0.717, 1.165) is 5.56 Å². The average molecular weight is 354 g/mol. The zero-order chi connectivity index (χ0) is 13.5.